The molecule has 2 aromatic carbocycles. The third kappa shape index (κ3) is 8.67. The van der Waals surface area contributed by atoms with E-state index in [1.54, 1.807) is 36.4 Å². The summed E-state index contributed by atoms with van der Waals surface area (Å²) < 4.78 is 45.2. The van der Waals surface area contributed by atoms with Crippen molar-refractivity contribution >= 4 is 12.2 Å². The fraction of sp³-hybridized carbons (Fsp3) is 0.529. The molecule has 2 fully saturated rings. The molecular weight excluding hydrogens is 680 g/mol. The van der Waals surface area contributed by atoms with Crippen LogP contribution in [0.4, 0.5) is 0 Å². The highest BCUT2D eigenvalue weighted by Gasteiger charge is 2.46. The summed E-state index contributed by atoms with van der Waals surface area (Å²) >= 11 is 0. The van der Waals surface area contributed by atoms with E-state index in [0.717, 1.165) is 0 Å². The van der Waals surface area contributed by atoms with Crippen LogP contribution in [0.5, 0.6) is 34.5 Å². The summed E-state index contributed by atoms with van der Waals surface area (Å²) in [5, 5.41) is 90.6. The van der Waals surface area contributed by atoms with Crippen molar-refractivity contribution in [2.75, 3.05) is 48.3 Å². The van der Waals surface area contributed by atoms with Crippen LogP contribution < -0.4 is 28.4 Å². The molecule has 17 nitrogen and oxygen atoms in total. The lowest BCUT2D eigenvalue weighted by Gasteiger charge is -2.39. The largest absolute Gasteiger partial charge is 0.493 e. The molecular formula is C34H46O17. The summed E-state index contributed by atoms with van der Waals surface area (Å²) in [6, 6.07) is 4.81. The molecule has 2 aliphatic rings. The lowest BCUT2D eigenvalue weighted by molar-refractivity contribution is -0.277. The van der Waals surface area contributed by atoms with Crippen LogP contribution >= 0.6 is 0 Å². The van der Waals surface area contributed by atoms with Crippen LogP contribution in [-0.4, -0.2) is 156 Å². The molecule has 284 valence electrons. The Labute approximate surface area is 293 Å². The van der Waals surface area contributed by atoms with Crippen molar-refractivity contribution < 1.29 is 83.9 Å². The molecule has 0 unspecified atom stereocenters. The van der Waals surface area contributed by atoms with Crippen molar-refractivity contribution in [1.29, 1.82) is 0 Å². The molecule has 9 N–H and O–H groups in total. The van der Waals surface area contributed by atoms with Gasteiger partial charge in [0.25, 0.3) is 0 Å². The molecule has 0 spiro atoms. The number of methoxy groups -OCH3 is 4. The highest BCUT2D eigenvalue weighted by molar-refractivity contribution is 5.69. The van der Waals surface area contributed by atoms with Crippen molar-refractivity contribution in [1.82, 2.24) is 0 Å². The second-order valence-electron chi connectivity index (χ2n) is 11.6. The fourth-order valence-corrected chi connectivity index (χ4v) is 5.68. The maximum atomic E-state index is 10.6. The molecule has 2 aromatic rings. The maximum Gasteiger partial charge on any atom is 0.229 e. The Morgan fingerprint density at radius 2 is 1.06 bits per heavy atom. The van der Waals surface area contributed by atoms with Crippen LogP contribution in [0.15, 0.2) is 30.4 Å². The number of rotatable bonds is 15. The van der Waals surface area contributed by atoms with E-state index in [1.165, 1.54) is 34.5 Å². The Bertz CT molecular complexity index is 1470. The van der Waals surface area contributed by atoms with Crippen LogP contribution in [0.2, 0.25) is 0 Å². The molecule has 2 saturated heterocycles. The summed E-state index contributed by atoms with van der Waals surface area (Å²) in [5.74, 6) is 0.645. The molecule has 0 saturated carbocycles. The number of hydrogen-bond donors (Lipinski definition) is 9. The molecule has 51 heavy (non-hydrogen) atoms. The van der Waals surface area contributed by atoms with Gasteiger partial charge in [0.15, 0.2) is 23.0 Å². The second kappa shape index (κ2) is 18.2. The molecule has 10 atom stereocenters. The molecule has 17 heteroatoms. The van der Waals surface area contributed by atoms with Gasteiger partial charge in [0.1, 0.15) is 48.8 Å². The van der Waals surface area contributed by atoms with Gasteiger partial charge < -0.3 is 83.9 Å². The number of ether oxygens (including phenoxy) is 8. The number of hydrogen-bond acceptors (Lipinski definition) is 17. The van der Waals surface area contributed by atoms with Gasteiger partial charge in [-0.2, -0.15) is 0 Å². The summed E-state index contributed by atoms with van der Waals surface area (Å²) in [6.45, 7) is -1.56. The molecule has 0 amide bonds. The third-order valence-electron chi connectivity index (χ3n) is 8.45. The van der Waals surface area contributed by atoms with Gasteiger partial charge in [-0.25, -0.2) is 0 Å². The number of allylic oxidation sites excluding steroid dienone is 1. The van der Waals surface area contributed by atoms with Gasteiger partial charge >= 0.3 is 0 Å². The predicted molar refractivity (Wildman–Crippen MR) is 177 cm³/mol. The van der Waals surface area contributed by atoms with Crippen molar-refractivity contribution in [2.45, 2.75) is 67.8 Å². The zero-order valence-electron chi connectivity index (χ0n) is 28.4. The van der Waals surface area contributed by atoms with E-state index in [0.29, 0.717) is 16.7 Å². The Balaban J connectivity index is 1.67. The molecule has 0 aromatic heterocycles. The Hall–Kier alpha value is -3.72. The average molecular weight is 727 g/mol. The first kappa shape index (κ1) is 40.1. The first-order valence-corrected chi connectivity index (χ1v) is 15.9. The van der Waals surface area contributed by atoms with Crippen molar-refractivity contribution in [3.05, 3.63) is 47.0 Å². The molecule has 4 rings (SSSR count). The quantitative estimate of drug-likeness (QED) is 0.0995. The van der Waals surface area contributed by atoms with E-state index >= 15 is 0 Å². The van der Waals surface area contributed by atoms with Crippen molar-refractivity contribution in [2.24, 2.45) is 0 Å². The van der Waals surface area contributed by atoms with Crippen molar-refractivity contribution in [3.63, 3.8) is 0 Å². The Kier molecular flexibility index (Phi) is 14.3. The average Bonchev–Trinajstić information content (AvgIpc) is 3.14. The zero-order chi connectivity index (χ0) is 37.4. The van der Waals surface area contributed by atoms with E-state index in [1.807, 2.05) is 0 Å². The van der Waals surface area contributed by atoms with E-state index in [-0.39, 0.29) is 47.5 Å². The Morgan fingerprint density at radius 3 is 1.51 bits per heavy atom. The van der Waals surface area contributed by atoms with E-state index in [9.17, 15) is 46.0 Å². The fourth-order valence-electron chi connectivity index (χ4n) is 5.68. The van der Waals surface area contributed by atoms with Gasteiger partial charge in [0.05, 0.1) is 48.3 Å². The smallest absolute Gasteiger partial charge is 0.229 e. The third-order valence-corrected chi connectivity index (χ3v) is 8.45. The minimum atomic E-state index is -1.70. The van der Waals surface area contributed by atoms with E-state index in [4.69, 9.17) is 37.9 Å². The van der Waals surface area contributed by atoms with Gasteiger partial charge in [-0.05, 0) is 35.7 Å². The monoisotopic (exact) mass is 726 g/mol. The first-order chi connectivity index (χ1) is 24.5. The SMILES string of the molecule is COc1cc(C=CCc2c(C=CCO)cc(OC)c(O[C@@H]3O[C@@H](CO)[C@@H](O)[C@H](O)[C@H]3O)c2OC)cc(OC)c1O[C@@H]1O[C@H](CO)[C@H](O)[C@@H](O)[C@H]1O. The molecule has 2 heterocycles. The summed E-state index contributed by atoms with van der Waals surface area (Å²) in [5.41, 5.74) is 1.69. The number of aliphatic hydroxyl groups is 9. The lowest BCUT2D eigenvalue weighted by Crippen LogP contribution is -2.60. The lowest BCUT2D eigenvalue weighted by atomic mass is 9.98. The highest BCUT2D eigenvalue weighted by atomic mass is 16.7. The Morgan fingerprint density at radius 1 is 0.569 bits per heavy atom. The highest BCUT2D eigenvalue weighted by Crippen LogP contribution is 2.45. The van der Waals surface area contributed by atoms with Crippen LogP contribution in [0.25, 0.3) is 12.2 Å². The number of aliphatic hydroxyl groups excluding tert-OH is 9. The van der Waals surface area contributed by atoms with Crippen LogP contribution in [0, 0.1) is 0 Å². The molecule has 0 aliphatic carbocycles. The predicted octanol–water partition coefficient (Wildman–Crippen LogP) is -1.66. The van der Waals surface area contributed by atoms with E-state index < -0.39 is 74.6 Å². The summed E-state index contributed by atoms with van der Waals surface area (Å²) in [4.78, 5) is 0. The van der Waals surface area contributed by atoms with E-state index in [2.05, 4.69) is 0 Å². The summed E-state index contributed by atoms with van der Waals surface area (Å²) in [7, 11) is 5.51. The van der Waals surface area contributed by atoms with Crippen LogP contribution in [0.3, 0.4) is 0 Å². The zero-order valence-corrected chi connectivity index (χ0v) is 28.4. The normalized spacial score (nSPS) is 29.7. The van der Waals surface area contributed by atoms with Gasteiger partial charge in [-0.15, -0.1) is 0 Å². The van der Waals surface area contributed by atoms with Crippen LogP contribution in [0.1, 0.15) is 16.7 Å². The minimum absolute atomic E-state index is 0.00749. The second-order valence-corrected chi connectivity index (χ2v) is 11.6. The van der Waals surface area contributed by atoms with Crippen LogP contribution in [-0.2, 0) is 15.9 Å². The van der Waals surface area contributed by atoms with Crippen molar-refractivity contribution in [3.8, 4) is 34.5 Å². The van der Waals surface area contributed by atoms with Gasteiger partial charge in [-0.1, -0.05) is 24.3 Å². The topological polar surface area (TPSA) is 256 Å². The number of benzene rings is 2. The molecule has 2 aliphatic heterocycles. The standard InChI is InChI=1S/C34H46O17/c1-44-19-11-16(12-20(45-2)31(19)50-33-28(42)26(40)24(38)22(14-36)48-33)7-5-9-18-17(8-6-10-35)13-21(46-3)32(30(18)47-4)51-34-29(43)27(41)25(39)23(15-37)49-34/h5-8,11-13,22-29,33-43H,9-10,14-15H2,1-4H3/t22-,23+,24+,25-,26-,27+,28-,29-,33+,34+/m1/s1. The van der Waals surface area contributed by atoms with Gasteiger partial charge in [0.2, 0.25) is 24.1 Å². The summed E-state index contributed by atoms with van der Waals surface area (Å²) in [6.07, 6.45) is -8.47. The molecule has 0 radical (unpaired) electrons. The first-order valence-electron chi connectivity index (χ1n) is 15.9. The minimum Gasteiger partial charge on any atom is -0.493 e. The van der Waals surface area contributed by atoms with Gasteiger partial charge in [-0.3, -0.25) is 0 Å². The van der Waals surface area contributed by atoms with Gasteiger partial charge in [0, 0.05) is 5.56 Å². The maximum absolute atomic E-state index is 10.6. The molecule has 0 bridgehead atoms.